The van der Waals surface area contributed by atoms with Crippen LogP contribution in [0.25, 0.3) is 22.2 Å². The van der Waals surface area contributed by atoms with E-state index in [9.17, 15) is 4.79 Å². The molecule has 4 heteroatoms. The molecule has 4 nitrogen and oxygen atoms in total. The lowest BCUT2D eigenvalue weighted by Crippen LogP contribution is -1.98. The van der Waals surface area contributed by atoms with Crippen LogP contribution in [0.15, 0.2) is 42.5 Å². The molecular formula is C18H17NO3. The maximum absolute atomic E-state index is 11.3. The molecule has 0 atom stereocenters. The van der Waals surface area contributed by atoms with E-state index in [1.54, 1.807) is 19.2 Å². The Bertz CT molecular complexity index is 849. The van der Waals surface area contributed by atoms with E-state index in [2.05, 4.69) is 22.8 Å². The van der Waals surface area contributed by atoms with Crippen molar-refractivity contribution in [3.05, 3.63) is 48.0 Å². The fourth-order valence-corrected chi connectivity index (χ4v) is 2.76. The van der Waals surface area contributed by atoms with E-state index in [0.29, 0.717) is 17.1 Å². The Morgan fingerprint density at radius 1 is 1.00 bits per heavy atom. The molecule has 1 heterocycles. The summed E-state index contributed by atoms with van der Waals surface area (Å²) in [6.07, 6.45) is 0.796. The van der Waals surface area contributed by atoms with E-state index < -0.39 is 0 Å². The zero-order valence-corrected chi connectivity index (χ0v) is 12.8. The van der Waals surface area contributed by atoms with Crippen molar-refractivity contribution in [3.63, 3.8) is 0 Å². The van der Waals surface area contributed by atoms with Gasteiger partial charge in [0.05, 0.1) is 25.5 Å². The number of aromatic nitrogens is 1. The second-order valence-corrected chi connectivity index (χ2v) is 5.06. The van der Waals surface area contributed by atoms with Gasteiger partial charge >= 0.3 is 0 Å². The van der Waals surface area contributed by atoms with Gasteiger partial charge in [-0.2, -0.15) is 0 Å². The monoisotopic (exact) mass is 295 g/mol. The maximum atomic E-state index is 11.3. The first-order chi connectivity index (χ1) is 10.7. The largest absolute Gasteiger partial charge is 0.496 e. The minimum Gasteiger partial charge on any atom is -0.496 e. The summed E-state index contributed by atoms with van der Waals surface area (Å²) in [5.74, 6) is 1.18. The molecule has 0 radical (unpaired) electrons. The number of fused-ring (bicyclic) bond motifs is 1. The van der Waals surface area contributed by atoms with Crippen LogP contribution in [-0.4, -0.2) is 25.1 Å². The Morgan fingerprint density at radius 3 is 2.36 bits per heavy atom. The highest BCUT2D eigenvalue weighted by atomic mass is 16.5. The third-order valence-electron chi connectivity index (χ3n) is 3.91. The third kappa shape index (κ3) is 2.13. The number of aldehydes is 1. The summed E-state index contributed by atoms with van der Waals surface area (Å²) >= 11 is 0. The van der Waals surface area contributed by atoms with Crippen molar-refractivity contribution < 1.29 is 14.3 Å². The number of para-hydroxylation sites is 1. The quantitative estimate of drug-likeness (QED) is 0.689. The molecule has 0 saturated carbocycles. The van der Waals surface area contributed by atoms with Gasteiger partial charge < -0.3 is 14.0 Å². The van der Waals surface area contributed by atoms with Crippen molar-refractivity contribution in [1.29, 1.82) is 0 Å². The lowest BCUT2D eigenvalue weighted by molar-refractivity contribution is 0.112. The van der Waals surface area contributed by atoms with Gasteiger partial charge in [-0.1, -0.05) is 18.2 Å². The number of nitrogens with zero attached hydrogens (tertiary/aromatic N) is 1. The van der Waals surface area contributed by atoms with Crippen molar-refractivity contribution in [1.82, 2.24) is 4.57 Å². The first-order valence-corrected chi connectivity index (χ1v) is 6.95. The van der Waals surface area contributed by atoms with Gasteiger partial charge in [-0.3, -0.25) is 4.79 Å². The molecule has 0 spiro atoms. The summed E-state index contributed by atoms with van der Waals surface area (Å²) < 4.78 is 12.8. The predicted molar refractivity (Wildman–Crippen MR) is 86.8 cm³/mol. The second kappa shape index (κ2) is 5.56. The smallest absolute Gasteiger partial charge is 0.153 e. The molecule has 3 rings (SSSR count). The van der Waals surface area contributed by atoms with Gasteiger partial charge in [-0.15, -0.1) is 0 Å². The number of benzene rings is 2. The molecule has 0 bridgehead atoms. The van der Waals surface area contributed by atoms with E-state index in [0.717, 1.165) is 28.4 Å². The van der Waals surface area contributed by atoms with Crippen LogP contribution < -0.4 is 9.47 Å². The fraction of sp³-hybridized carbons (Fsp3) is 0.167. The second-order valence-electron chi connectivity index (χ2n) is 5.06. The average molecular weight is 295 g/mol. The Hall–Kier alpha value is -2.75. The van der Waals surface area contributed by atoms with Gasteiger partial charge in [0.25, 0.3) is 0 Å². The normalized spacial score (nSPS) is 10.7. The molecule has 0 N–H and O–H groups in total. The van der Waals surface area contributed by atoms with Gasteiger partial charge in [0.1, 0.15) is 11.5 Å². The minimum atomic E-state index is 0.503. The Labute approximate surface area is 128 Å². The number of methoxy groups -OCH3 is 2. The standard InChI is InChI=1S/C18H17NO3/c1-19-15-7-5-4-6-12(15)9-16(19)14-8-13(11-20)17(21-2)10-18(14)22-3/h4-11H,1-3H3. The SMILES string of the molecule is COc1cc(OC)c(-c2cc3ccccc3n2C)cc1C=O. The molecule has 112 valence electrons. The van der Waals surface area contributed by atoms with Crippen LogP contribution in [0.5, 0.6) is 11.5 Å². The van der Waals surface area contributed by atoms with Gasteiger partial charge in [0.2, 0.25) is 0 Å². The Balaban J connectivity index is 2.29. The third-order valence-corrected chi connectivity index (χ3v) is 3.91. The number of aryl methyl sites for hydroxylation is 1. The minimum absolute atomic E-state index is 0.503. The highest BCUT2D eigenvalue weighted by Crippen LogP contribution is 2.37. The molecule has 0 aliphatic heterocycles. The predicted octanol–water partition coefficient (Wildman–Crippen LogP) is 3.68. The molecule has 0 saturated heterocycles. The first-order valence-electron chi connectivity index (χ1n) is 6.95. The number of hydrogen-bond donors (Lipinski definition) is 0. The van der Waals surface area contributed by atoms with Crippen molar-refractivity contribution in [3.8, 4) is 22.8 Å². The molecule has 1 aromatic heterocycles. The van der Waals surface area contributed by atoms with E-state index in [1.165, 1.54) is 7.11 Å². The molecule has 0 amide bonds. The lowest BCUT2D eigenvalue weighted by atomic mass is 10.1. The molecule has 0 aliphatic rings. The summed E-state index contributed by atoms with van der Waals surface area (Å²) in [6.45, 7) is 0. The molecular weight excluding hydrogens is 278 g/mol. The van der Waals surface area contributed by atoms with E-state index in [4.69, 9.17) is 9.47 Å². The van der Waals surface area contributed by atoms with Gasteiger partial charge in [0, 0.05) is 29.6 Å². The molecule has 3 aromatic rings. The highest BCUT2D eigenvalue weighted by Gasteiger charge is 2.16. The van der Waals surface area contributed by atoms with Crippen molar-refractivity contribution in [2.24, 2.45) is 7.05 Å². The summed E-state index contributed by atoms with van der Waals surface area (Å²) in [4.78, 5) is 11.3. The van der Waals surface area contributed by atoms with Crippen LogP contribution >= 0.6 is 0 Å². The van der Waals surface area contributed by atoms with Crippen LogP contribution in [0.1, 0.15) is 10.4 Å². The maximum Gasteiger partial charge on any atom is 0.153 e. The molecule has 0 unspecified atom stereocenters. The van der Waals surface area contributed by atoms with Crippen LogP contribution in [0.4, 0.5) is 0 Å². The zero-order chi connectivity index (χ0) is 15.7. The van der Waals surface area contributed by atoms with E-state index in [-0.39, 0.29) is 0 Å². The van der Waals surface area contributed by atoms with Crippen molar-refractivity contribution >= 4 is 17.2 Å². The van der Waals surface area contributed by atoms with Crippen molar-refractivity contribution in [2.45, 2.75) is 0 Å². The Morgan fingerprint density at radius 2 is 1.73 bits per heavy atom. The summed E-state index contributed by atoms with van der Waals surface area (Å²) in [6, 6.07) is 13.8. The first kappa shape index (κ1) is 14.2. The van der Waals surface area contributed by atoms with Gasteiger partial charge in [-0.05, 0) is 18.2 Å². The summed E-state index contributed by atoms with van der Waals surface area (Å²) in [5.41, 5.74) is 3.49. The van der Waals surface area contributed by atoms with Crippen LogP contribution in [-0.2, 0) is 7.05 Å². The van der Waals surface area contributed by atoms with Gasteiger partial charge in [0.15, 0.2) is 6.29 Å². The molecule has 0 aliphatic carbocycles. The number of ether oxygens (including phenoxy) is 2. The number of carbonyl (C=O) groups is 1. The average Bonchev–Trinajstić information content (AvgIpc) is 2.90. The van der Waals surface area contributed by atoms with Crippen LogP contribution in [0, 0.1) is 0 Å². The van der Waals surface area contributed by atoms with E-state index in [1.807, 2.05) is 19.2 Å². The van der Waals surface area contributed by atoms with Crippen LogP contribution in [0.3, 0.4) is 0 Å². The number of hydrogen-bond acceptors (Lipinski definition) is 3. The van der Waals surface area contributed by atoms with Gasteiger partial charge in [-0.25, -0.2) is 0 Å². The van der Waals surface area contributed by atoms with Crippen LogP contribution in [0.2, 0.25) is 0 Å². The Kier molecular flexibility index (Phi) is 3.59. The highest BCUT2D eigenvalue weighted by molar-refractivity contribution is 5.90. The number of carbonyl (C=O) groups excluding carboxylic acids is 1. The zero-order valence-electron chi connectivity index (χ0n) is 12.8. The topological polar surface area (TPSA) is 40.5 Å². The molecule has 22 heavy (non-hydrogen) atoms. The van der Waals surface area contributed by atoms with Crippen molar-refractivity contribution in [2.75, 3.05) is 14.2 Å². The van der Waals surface area contributed by atoms with E-state index >= 15 is 0 Å². The summed E-state index contributed by atoms with van der Waals surface area (Å²) in [5, 5.41) is 1.14. The lowest BCUT2D eigenvalue weighted by Gasteiger charge is -2.13. The summed E-state index contributed by atoms with van der Waals surface area (Å²) in [7, 11) is 5.15. The number of rotatable bonds is 4. The fourth-order valence-electron chi connectivity index (χ4n) is 2.76. The molecule has 0 fully saturated rings. The molecule has 2 aromatic carbocycles.